The molecule has 3 aromatic rings. The third-order valence-corrected chi connectivity index (χ3v) is 4.57. The molecule has 3 rings (SSSR count). The summed E-state index contributed by atoms with van der Waals surface area (Å²) in [6, 6.07) is 11.8. The summed E-state index contributed by atoms with van der Waals surface area (Å²) in [7, 11) is 0. The van der Waals surface area contributed by atoms with Gasteiger partial charge >= 0.3 is 12.2 Å². The Bertz CT molecular complexity index is 1120. The van der Waals surface area contributed by atoms with Gasteiger partial charge in [0.15, 0.2) is 11.4 Å². The van der Waals surface area contributed by atoms with Gasteiger partial charge < -0.3 is 21.1 Å². The fourth-order valence-electron chi connectivity index (χ4n) is 2.50. The quantitative estimate of drug-likeness (QED) is 0.441. The van der Waals surface area contributed by atoms with Crippen LogP contribution in [0.15, 0.2) is 65.3 Å². The van der Waals surface area contributed by atoms with Gasteiger partial charge in [-0.25, -0.2) is 9.78 Å². The van der Waals surface area contributed by atoms with Gasteiger partial charge in [-0.1, -0.05) is 15.9 Å². The molecular formula is C20H14BrF3N4O3. The number of rotatable bonds is 5. The van der Waals surface area contributed by atoms with Crippen LogP contribution < -0.4 is 21.1 Å². The van der Waals surface area contributed by atoms with Gasteiger partial charge in [-0.05, 0) is 54.6 Å². The van der Waals surface area contributed by atoms with E-state index in [9.17, 15) is 22.8 Å². The van der Waals surface area contributed by atoms with Crippen LogP contribution in [0.5, 0.6) is 11.5 Å². The minimum Gasteiger partial charge on any atom is -0.455 e. The summed E-state index contributed by atoms with van der Waals surface area (Å²) in [6.45, 7) is 0. The average Bonchev–Trinajstić information content (AvgIpc) is 2.70. The molecule has 0 aliphatic carbocycles. The van der Waals surface area contributed by atoms with Gasteiger partial charge in [-0.3, -0.25) is 4.79 Å². The topological polar surface area (TPSA) is 106 Å². The van der Waals surface area contributed by atoms with Crippen molar-refractivity contribution in [2.45, 2.75) is 6.18 Å². The molecule has 3 amide bonds. The van der Waals surface area contributed by atoms with Gasteiger partial charge in [-0.2, -0.15) is 13.2 Å². The minimum atomic E-state index is -4.56. The summed E-state index contributed by atoms with van der Waals surface area (Å²) in [5.41, 5.74) is 4.65. The fraction of sp³-hybridized carbons (Fsp3) is 0.0500. The van der Waals surface area contributed by atoms with Crippen molar-refractivity contribution in [1.82, 2.24) is 4.98 Å². The zero-order valence-corrected chi connectivity index (χ0v) is 17.1. The van der Waals surface area contributed by atoms with E-state index in [1.807, 2.05) is 0 Å². The van der Waals surface area contributed by atoms with Crippen molar-refractivity contribution in [3.05, 3.63) is 76.5 Å². The number of anilines is 2. The van der Waals surface area contributed by atoms with E-state index in [1.165, 1.54) is 48.7 Å². The molecule has 0 aliphatic rings. The number of alkyl halides is 3. The number of carbonyl (C=O) groups is 2. The van der Waals surface area contributed by atoms with Crippen molar-refractivity contribution < 1.29 is 27.5 Å². The molecule has 0 saturated carbocycles. The second-order valence-corrected chi connectivity index (χ2v) is 6.97. The number of nitrogens with two attached hydrogens (primary N) is 1. The molecule has 1 aromatic heterocycles. The Morgan fingerprint density at radius 2 is 1.65 bits per heavy atom. The number of ether oxygens (including phenoxy) is 1. The van der Waals surface area contributed by atoms with Crippen molar-refractivity contribution in [3.63, 3.8) is 0 Å². The summed E-state index contributed by atoms with van der Waals surface area (Å²) in [4.78, 5) is 27.4. The molecule has 0 radical (unpaired) electrons. The van der Waals surface area contributed by atoms with Crippen molar-refractivity contribution >= 4 is 39.2 Å². The average molecular weight is 495 g/mol. The molecule has 0 aliphatic heterocycles. The third-order valence-electron chi connectivity index (χ3n) is 3.87. The predicted octanol–water partition coefficient (Wildman–Crippen LogP) is 5.40. The van der Waals surface area contributed by atoms with Crippen molar-refractivity contribution in [2.75, 3.05) is 10.6 Å². The monoisotopic (exact) mass is 494 g/mol. The highest BCUT2D eigenvalue weighted by Crippen LogP contribution is 2.36. The lowest BCUT2D eigenvalue weighted by atomic mass is 10.2. The highest BCUT2D eigenvalue weighted by atomic mass is 79.9. The first-order valence-electron chi connectivity index (χ1n) is 8.61. The number of hydrogen-bond donors (Lipinski definition) is 3. The summed E-state index contributed by atoms with van der Waals surface area (Å²) in [6.07, 6.45) is -3.16. The molecule has 11 heteroatoms. The van der Waals surface area contributed by atoms with E-state index in [-0.39, 0.29) is 21.6 Å². The summed E-state index contributed by atoms with van der Waals surface area (Å²) in [5, 5.41) is 4.84. The Morgan fingerprint density at radius 1 is 1.00 bits per heavy atom. The van der Waals surface area contributed by atoms with E-state index in [1.54, 1.807) is 6.07 Å². The highest BCUT2D eigenvalue weighted by Gasteiger charge is 2.33. The number of halogens is 4. The van der Waals surface area contributed by atoms with Crippen molar-refractivity contribution in [2.24, 2.45) is 5.73 Å². The van der Waals surface area contributed by atoms with Crippen molar-refractivity contribution in [1.29, 1.82) is 0 Å². The van der Waals surface area contributed by atoms with E-state index < -0.39 is 23.7 Å². The van der Waals surface area contributed by atoms with Gasteiger partial charge in [0.2, 0.25) is 0 Å². The normalized spacial score (nSPS) is 11.0. The first-order chi connectivity index (χ1) is 14.6. The van der Waals surface area contributed by atoms with Crippen LogP contribution >= 0.6 is 15.9 Å². The Hall–Kier alpha value is -3.60. The number of carbonyl (C=O) groups excluding carboxylic acids is 2. The molecule has 0 saturated heterocycles. The summed E-state index contributed by atoms with van der Waals surface area (Å²) >= 11 is 2.84. The number of pyridine rings is 1. The molecule has 31 heavy (non-hydrogen) atoms. The van der Waals surface area contributed by atoms with Crippen LogP contribution in [0.25, 0.3) is 0 Å². The molecule has 2 aromatic carbocycles. The van der Waals surface area contributed by atoms with Crippen LogP contribution in [0.4, 0.5) is 29.3 Å². The standard InChI is InChI=1S/C20H14BrF3N4O3/c21-15-8-5-12(10-14(15)20(22,23)24)28-19(30)27-11-3-6-13(7-4-11)31-16-2-1-9-26-17(16)18(25)29/h1-10H,(H2,25,29)(H2,27,28,30). The lowest BCUT2D eigenvalue weighted by Crippen LogP contribution is -2.20. The Kier molecular flexibility index (Phi) is 6.44. The molecule has 1 heterocycles. The van der Waals surface area contributed by atoms with Crippen LogP contribution in [0.3, 0.4) is 0 Å². The van der Waals surface area contributed by atoms with E-state index in [4.69, 9.17) is 10.5 Å². The second kappa shape index (κ2) is 9.04. The summed E-state index contributed by atoms with van der Waals surface area (Å²) < 4.78 is 44.4. The van der Waals surface area contributed by atoms with Crippen LogP contribution in [-0.4, -0.2) is 16.9 Å². The lowest BCUT2D eigenvalue weighted by Gasteiger charge is -2.13. The van der Waals surface area contributed by atoms with Gasteiger partial charge in [0.1, 0.15) is 5.75 Å². The number of nitrogens with one attached hydrogen (secondary N) is 2. The molecule has 0 bridgehead atoms. The molecular weight excluding hydrogens is 481 g/mol. The van der Waals surface area contributed by atoms with Gasteiger partial charge in [0.25, 0.3) is 5.91 Å². The maximum Gasteiger partial charge on any atom is 0.417 e. The number of aromatic nitrogens is 1. The molecule has 4 N–H and O–H groups in total. The number of urea groups is 1. The van der Waals surface area contributed by atoms with E-state index >= 15 is 0 Å². The third kappa shape index (κ3) is 5.72. The lowest BCUT2D eigenvalue weighted by molar-refractivity contribution is -0.138. The van der Waals surface area contributed by atoms with Crippen LogP contribution in [-0.2, 0) is 6.18 Å². The summed E-state index contributed by atoms with van der Waals surface area (Å²) in [5.74, 6) is -0.222. The Morgan fingerprint density at radius 3 is 2.29 bits per heavy atom. The predicted molar refractivity (Wildman–Crippen MR) is 111 cm³/mol. The van der Waals surface area contributed by atoms with Gasteiger partial charge in [0, 0.05) is 22.0 Å². The largest absolute Gasteiger partial charge is 0.455 e. The van der Waals surface area contributed by atoms with Crippen LogP contribution in [0.2, 0.25) is 0 Å². The van der Waals surface area contributed by atoms with E-state index in [2.05, 4.69) is 31.5 Å². The van der Waals surface area contributed by atoms with Crippen molar-refractivity contribution in [3.8, 4) is 11.5 Å². The van der Waals surface area contributed by atoms with E-state index in [0.717, 1.165) is 6.07 Å². The number of primary amides is 1. The fourth-order valence-corrected chi connectivity index (χ4v) is 2.98. The molecule has 7 nitrogen and oxygen atoms in total. The van der Waals surface area contributed by atoms with Gasteiger partial charge in [0.05, 0.1) is 5.56 Å². The number of nitrogens with zero attached hydrogens (tertiary/aromatic N) is 1. The second-order valence-electron chi connectivity index (χ2n) is 6.11. The molecule has 0 unspecified atom stereocenters. The smallest absolute Gasteiger partial charge is 0.417 e. The SMILES string of the molecule is NC(=O)c1ncccc1Oc1ccc(NC(=O)Nc2ccc(Br)c(C(F)(F)F)c2)cc1. The zero-order chi connectivity index (χ0) is 22.6. The number of benzene rings is 2. The zero-order valence-electron chi connectivity index (χ0n) is 15.5. The first-order valence-corrected chi connectivity index (χ1v) is 9.40. The number of hydrogen-bond acceptors (Lipinski definition) is 4. The minimum absolute atomic E-state index is 0.0245. The maximum absolute atomic E-state index is 13.0. The number of amides is 3. The van der Waals surface area contributed by atoms with Crippen LogP contribution in [0.1, 0.15) is 16.1 Å². The molecule has 0 spiro atoms. The maximum atomic E-state index is 13.0. The van der Waals surface area contributed by atoms with Crippen LogP contribution in [0, 0.1) is 0 Å². The Labute approximate surface area is 182 Å². The van der Waals surface area contributed by atoms with E-state index in [0.29, 0.717) is 11.4 Å². The van der Waals surface area contributed by atoms with Gasteiger partial charge in [-0.15, -0.1) is 0 Å². The molecule has 0 atom stereocenters. The Balaban J connectivity index is 1.65. The highest BCUT2D eigenvalue weighted by molar-refractivity contribution is 9.10. The first kappa shape index (κ1) is 22.1. The molecule has 160 valence electrons. The molecule has 0 fully saturated rings.